The van der Waals surface area contributed by atoms with E-state index in [2.05, 4.69) is 29.1 Å². The van der Waals surface area contributed by atoms with Crippen molar-refractivity contribution in [3.63, 3.8) is 0 Å². The lowest BCUT2D eigenvalue weighted by Gasteiger charge is -2.28. The van der Waals surface area contributed by atoms with Crippen molar-refractivity contribution in [2.45, 2.75) is 30.6 Å². The number of hydroxylamine groups is 1. The molecule has 0 radical (unpaired) electrons. The predicted octanol–water partition coefficient (Wildman–Crippen LogP) is 4.35. The number of aromatic nitrogens is 1. The Morgan fingerprint density at radius 1 is 1.33 bits per heavy atom. The quantitative estimate of drug-likeness (QED) is 0.773. The van der Waals surface area contributed by atoms with Crippen LogP contribution in [0.3, 0.4) is 0 Å². The van der Waals surface area contributed by atoms with Crippen molar-refractivity contribution >= 4 is 29.2 Å². The highest BCUT2D eigenvalue weighted by molar-refractivity contribution is 8.02. The maximum Gasteiger partial charge on any atom is 0.407 e. The summed E-state index contributed by atoms with van der Waals surface area (Å²) >= 11 is 3.37. The Morgan fingerprint density at radius 2 is 2.11 bits per heavy atom. The van der Waals surface area contributed by atoms with E-state index >= 15 is 0 Å². The molecule has 142 valence electrons. The van der Waals surface area contributed by atoms with Crippen LogP contribution in [0, 0.1) is 0 Å². The molecule has 0 saturated carbocycles. The van der Waals surface area contributed by atoms with E-state index in [9.17, 15) is 4.79 Å². The Hall–Kier alpha value is -2.03. The molecule has 8 heteroatoms. The first-order valence-electron chi connectivity index (χ1n) is 8.92. The van der Waals surface area contributed by atoms with E-state index < -0.39 is 6.09 Å². The number of amides is 1. The lowest BCUT2D eigenvalue weighted by atomic mass is 9.98. The van der Waals surface area contributed by atoms with Crippen LogP contribution in [0.25, 0.3) is 0 Å². The zero-order valence-corrected chi connectivity index (χ0v) is 16.3. The fourth-order valence-electron chi connectivity index (χ4n) is 3.26. The molecule has 1 saturated heterocycles. The topological polar surface area (TPSA) is 74.7 Å². The maximum absolute atomic E-state index is 11.0. The Morgan fingerprint density at radius 3 is 2.85 bits per heavy atom. The Labute approximate surface area is 166 Å². The van der Waals surface area contributed by atoms with Gasteiger partial charge in [0.25, 0.3) is 0 Å². The number of nitrogens with zero attached hydrogens (tertiary/aromatic N) is 2. The van der Waals surface area contributed by atoms with Gasteiger partial charge in [0.1, 0.15) is 6.10 Å². The van der Waals surface area contributed by atoms with Crippen LogP contribution >= 0.6 is 23.1 Å². The third-order valence-electron chi connectivity index (χ3n) is 4.78. The average molecular weight is 404 g/mol. The minimum Gasteiger partial charge on any atom is -0.465 e. The van der Waals surface area contributed by atoms with Gasteiger partial charge in [-0.2, -0.15) is 0 Å². The first-order chi connectivity index (χ1) is 13.2. The predicted molar refractivity (Wildman–Crippen MR) is 106 cm³/mol. The Kier molecular flexibility index (Phi) is 5.66. The number of thioether (sulfide) groups is 1. The SMILES string of the molecule is O=C(O)N1CCC(c2nc(CSC3=CC(c4ccccc4)ON3)cs2)CC1. The molecule has 1 aromatic carbocycles. The number of nitrogens with one attached hydrogen (secondary N) is 1. The first kappa shape index (κ1) is 18.3. The summed E-state index contributed by atoms with van der Waals surface area (Å²) in [6.45, 7) is 1.19. The van der Waals surface area contributed by atoms with Crippen LogP contribution in [0.1, 0.15) is 41.1 Å². The minimum atomic E-state index is -0.821. The van der Waals surface area contributed by atoms with Gasteiger partial charge >= 0.3 is 6.09 Å². The highest BCUT2D eigenvalue weighted by Crippen LogP contribution is 2.33. The van der Waals surface area contributed by atoms with Crippen molar-refractivity contribution in [2.24, 2.45) is 0 Å². The van der Waals surface area contributed by atoms with Gasteiger partial charge in [0.15, 0.2) is 0 Å². The molecule has 0 aliphatic carbocycles. The highest BCUT2D eigenvalue weighted by atomic mass is 32.2. The lowest BCUT2D eigenvalue weighted by molar-refractivity contribution is 0.0455. The maximum atomic E-state index is 11.0. The molecule has 2 N–H and O–H groups in total. The molecule has 1 amide bonds. The zero-order valence-electron chi connectivity index (χ0n) is 14.7. The van der Waals surface area contributed by atoms with Crippen molar-refractivity contribution in [2.75, 3.05) is 13.1 Å². The lowest BCUT2D eigenvalue weighted by Crippen LogP contribution is -2.36. The molecule has 4 rings (SSSR count). The molecule has 27 heavy (non-hydrogen) atoms. The van der Waals surface area contributed by atoms with E-state index in [4.69, 9.17) is 14.9 Å². The smallest absolute Gasteiger partial charge is 0.407 e. The molecule has 2 aromatic rings. The van der Waals surface area contributed by atoms with Crippen molar-refractivity contribution in [3.8, 4) is 0 Å². The van der Waals surface area contributed by atoms with Crippen molar-refractivity contribution in [3.05, 3.63) is 63.1 Å². The zero-order chi connectivity index (χ0) is 18.6. The van der Waals surface area contributed by atoms with Crippen LogP contribution in [-0.2, 0) is 10.6 Å². The number of carbonyl (C=O) groups is 1. The number of benzene rings is 1. The van der Waals surface area contributed by atoms with E-state index in [0.717, 1.165) is 39.9 Å². The normalized spacial score (nSPS) is 20.4. The van der Waals surface area contributed by atoms with Gasteiger partial charge in [-0.15, -0.1) is 23.1 Å². The summed E-state index contributed by atoms with van der Waals surface area (Å²) in [5.41, 5.74) is 5.19. The van der Waals surface area contributed by atoms with Gasteiger partial charge in [-0.1, -0.05) is 30.3 Å². The van der Waals surface area contributed by atoms with Gasteiger partial charge < -0.3 is 10.0 Å². The second-order valence-electron chi connectivity index (χ2n) is 6.59. The molecule has 2 aliphatic rings. The number of hydrogen-bond acceptors (Lipinski definition) is 6. The van der Waals surface area contributed by atoms with Crippen LogP contribution < -0.4 is 5.48 Å². The Balaban J connectivity index is 1.30. The average Bonchev–Trinajstić information content (AvgIpc) is 3.37. The van der Waals surface area contributed by atoms with Gasteiger partial charge in [-0.05, 0) is 24.5 Å². The molecular weight excluding hydrogens is 382 g/mol. The number of piperidine rings is 1. The van der Waals surface area contributed by atoms with E-state index in [1.165, 1.54) is 4.90 Å². The van der Waals surface area contributed by atoms with Crippen molar-refractivity contribution in [1.82, 2.24) is 15.4 Å². The van der Waals surface area contributed by atoms with E-state index in [1.807, 2.05) is 18.2 Å². The van der Waals surface area contributed by atoms with Gasteiger partial charge in [0, 0.05) is 30.1 Å². The molecular formula is C19H21N3O3S2. The second kappa shape index (κ2) is 8.33. The summed E-state index contributed by atoms with van der Waals surface area (Å²) in [5.74, 6) is 1.16. The van der Waals surface area contributed by atoms with E-state index in [-0.39, 0.29) is 6.10 Å². The summed E-state index contributed by atoms with van der Waals surface area (Å²) < 4.78 is 0. The number of carboxylic acid groups (broad SMARTS) is 1. The van der Waals surface area contributed by atoms with Crippen molar-refractivity contribution < 1.29 is 14.7 Å². The third-order valence-corrected chi connectivity index (χ3v) is 6.80. The van der Waals surface area contributed by atoms with Crippen LogP contribution in [0.5, 0.6) is 0 Å². The summed E-state index contributed by atoms with van der Waals surface area (Å²) in [6.07, 6.45) is 2.92. The van der Waals surface area contributed by atoms with Gasteiger partial charge in [0.05, 0.1) is 15.7 Å². The summed E-state index contributed by atoms with van der Waals surface area (Å²) in [6, 6.07) is 10.1. The highest BCUT2D eigenvalue weighted by Gasteiger charge is 2.25. The van der Waals surface area contributed by atoms with Gasteiger partial charge in [-0.25, -0.2) is 9.78 Å². The van der Waals surface area contributed by atoms with Crippen molar-refractivity contribution in [1.29, 1.82) is 0 Å². The molecule has 0 bridgehead atoms. The fraction of sp³-hybridized carbons (Fsp3) is 0.368. The third kappa shape index (κ3) is 4.45. The number of rotatable bonds is 5. The fourth-order valence-corrected chi connectivity index (χ4v) is 5.13. The molecule has 2 aliphatic heterocycles. The molecule has 1 unspecified atom stereocenters. The molecule has 1 fully saturated rings. The Bertz CT molecular complexity index is 817. The van der Waals surface area contributed by atoms with E-state index in [1.54, 1.807) is 23.1 Å². The summed E-state index contributed by atoms with van der Waals surface area (Å²) in [5, 5.41) is 13.3. The standard InChI is InChI=1S/C19H21N3O3S2/c23-19(24)22-8-6-14(7-9-22)18-20-15(12-27-18)11-26-17-10-16(25-21-17)13-4-2-1-3-5-13/h1-5,10,12,14,16,21H,6-9,11H2,(H,23,24). The van der Waals surface area contributed by atoms with Crippen LogP contribution in [0.4, 0.5) is 4.79 Å². The first-order valence-corrected chi connectivity index (χ1v) is 10.8. The molecule has 6 nitrogen and oxygen atoms in total. The number of hydrogen-bond donors (Lipinski definition) is 2. The molecule has 3 heterocycles. The van der Waals surface area contributed by atoms with E-state index in [0.29, 0.717) is 19.0 Å². The minimum absolute atomic E-state index is 0.0564. The second-order valence-corrected chi connectivity index (χ2v) is 8.50. The van der Waals surface area contributed by atoms with Gasteiger partial charge in [0.2, 0.25) is 0 Å². The molecule has 0 spiro atoms. The van der Waals surface area contributed by atoms with Crippen LogP contribution in [-0.4, -0.2) is 34.2 Å². The number of likely N-dealkylation sites (tertiary alicyclic amines) is 1. The molecule has 1 aromatic heterocycles. The monoisotopic (exact) mass is 403 g/mol. The summed E-state index contributed by atoms with van der Waals surface area (Å²) in [4.78, 5) is 22.9. The van der Waals surface area contributed by atoms with Crippen LogP contribution in [0.2, 0.25) is 0 Å². The number of thiazole rings is 1. The van der Waals surface area contributed by atoms with Gasteiger partial charge in [-0.3, -0.25) is 10.3 Å². The van der Waals surface area contributed by atoms with Crippen LogP contribution in [0.15, 0.2) is 46.8 Å². The molecule has 1 atom stereocenters. The summed E-state index contributed by atoms with van der Waals surface area (Å²) in [7, 11) is 0. The largest absolute Gasteiger partial charge is 0.465 e.